The van der Waals surface area contributed by atoms with E-state index in [2.05, 4.69) is 10.3 Å². The van der Waals surface area contributed by atoms with E-state index in [-0.39, 0.29) is 24.7 Å². The molecule has 0 saturated carbocycles. The third-order valence-corrected chi connectivity index (χ3v) is 5.97. The van der Waals surface area contributed by atoms with Crippen LogP contribution in [0.3, 0.4) is 0 Å². The number of amides is 1. The summed E-state index contributed by atoms with van der Waals surface area (Å²) in [5.41, 5.74) is 3.02. The van der Waals surface area contributed by atoms with Gasteiger partial charge in [-0.25, -0.2) is 0 Å². The van der Waals surface area contributed by atoms with E-state index >= 15 is 0 Å². The van der Waals surface area contributed by atoms with E-state index in [0.717, 1.165) is 16.5 Å². The number of ether oxygens (including phenoxy) is 1. The lowest BCUT2D eigenvalue weighted by molar-refractivity contribution is -0.122. The Morgan fingerprint density at radius 2 is 1.76 bits per heavy atom. The maximum absolute atomic E-state index is 13.1. The van der Waals surface area contributed by atoms with Crippen molar-refractivity contribution >= 4 is 16.8 Å². The largest absolute Gasteiger partial charge is 0.505 e. The number of fused-ring (bicyclic) bond motifs is 1. The molecule has 34 heavy (non-hydrogen) atoms. The molecular formula is C28H28N2O4. The van der Waals surface area contributed by atoms with Crippen molar-refractivity contribution in [2.75, 3.05) is 13.7 Å². The molecule has 0 aliphatic carbocycles. The number of rotatable bonds is 9. The normalized spacial score (nSPS) is 12.8. The molecule has 4 aromatic rings. The molecule has 3 aromatic carbocycles. The van der Waals surface area contributed by atoms with E-state index in [1.54, 1.807) is 13.3 Å². The zero-order valence-electron chi connectivity index (χ0n) is 19.0. The van der Waals surface area contributed by atoms with Crippen molar-refractivity contribution in [2.45, 2.75) is 24.8 Å². The van der Waals surface area contributed by atoms with Gasteiger partial charge in [0.15, 0.2) is 0 Å². The maximum atomic E-state index is 13.1. The number of phenolic OH excluding ortho intramolecular Hbond substituents is 1. The quantitative estimate of drug-likeness (QED) is 0.351. The Morgan fingerprint density at radius 3 is 2.47 bits per heavy atom. The van der Waals surface area contributed by atoms with E-state index in [1.165, 1.54) is 0 Å². The summed E-state index contributed by atoms with van der Waals surface area (Å²) in [6.45, 7) is -0.168. The predicted molar refractivity (Wildman–Crippen MR) is 132 cm³/mol. The van der Waals surface area contributed by atoms with Gasteiger partial charge in [0.25, 0.3) is 0 Å². The van der Waals surface area contributed by atoms with Crippen molar-refractivity contribution in [3.63, 3.8) is 0 Å². The van der Waals surface area contributed by atoms with E-state index in [4.69, 9.17) is 4.74 Å². The van der Waals surface area contributed by atoms with Crippen LogP contribution in [0.25, 0.3) is 10.9 Å². The van der Waals surface area contributed by atoms with Crippen LogP contribution in [0.5, 0.6) is 11.5 Å². The van der Waals surface area contributed by atoms with E-state index in [1.807, 2.05) is 78.9 Å². The summed E-state index contributed by atoms with van der Waals surface area (Å²) in [6, 6.07) is 24.2. The maximum Gasteiger partial charge on any atom is 0.221 e. The van der Waals surface area contributed by atoms with E-state index in [9.17, 15) is 15.0 Å². The van der Waals surface area contributed by atoms with Crippen molar-refractivity contribution in [1.29, 1.82) is 0 Å². The molecule has 0 aliphatic rings. The molecule has 4 rings (SSSR count). The molecular weight excluding hydrogens is 428 g/mol. The van der Waals surface area contributed by atoms with Gasteiger partial charge in [-0.15, -0.1) is 0 Å². The highest BCUT2D eigenvalue weighted by molar-refractivity contribution is 5.86. The van der Waals surface area contributed by atoms with Gasteiger partial charge in [-0.1, -0.05) is 60.7 Å². The number of aliphatic hydroxyl groups is 1. The molecule has 3 N–H and O–H groups in total. The fourth-order valence-corrected chi connectivity index (χ4v) is 4.20. The first-order valence-electron chi connectivity index (χ1n) is 11.2. The molecule has 6 heteroatoms. The second-order valence-corrected chi connectivity index (χ2v) is 8.25. The Morgan fingerprint density at radius 1 is 1.00 bits per heavy atom. The highest BCUT2D eigenvalue weighted by atomic mass is 16.5. The molecule has 0 bridgehead atoms. The summed E-state index contributed by atoms with van der Waals surface area (Å²) in [5, 5.41) is 24.7. The molecule has 1 heterocycles. The van der Waals surface area contributed by atoms with Crippen LogP contribution < -0.4 is 10.1 Å². The monoisotopic (exact) mass is 456 g/mol. The standard InChI is InChI=1S/C28H28N2O4/c1-34-23-12-9-20(10-13-23)25(24-14-11-21-8-5-15-29-27(21)28(24)33)17-26(32)30-22(18-31)16-19-6-3-2-4-7-19/h2-15,22,25,31,33H,16-18H2,1H3,(H,30,32)/t22-,25?/m0/s1. The second-order valence-electron chi connectivity index (χ2n) is 8.25. The van der Waals surface area contributed by atoms with Gasteiger partial charge in [0.2, 0.25) is 5.91 Å². The molecule has 1 aromatic heterocycles. The molecule has 1 amide bonds. The van der Waals surface area contributed by atoms with Crippen molar-refractivity contribution in [2.24, 2.45) is 0 Å². The Hall–Kier alpha value is -3.90. The van der Waals surface area contributed by atoms with Crippen LogP contribution in [0.1, 0.15) is 29.0 Å². The second kappa shape index (κ2) is 10.8. The summed E-state index contributed by atoms with van der Waals surface area (Å²) in [4.78, 5) is 17.4. The van der Waals surface area contributed by atoms with Crippen molar-refractivity contribution in [3.8, 4) is 11.5 Å². The smallest absolute Gasteiger partial charge is 0.221 e. The SMILES string of the molecule is COc1ccc(C(CC(=O)N[C@H](CO)Cc2ccccc2)c2ccc3cccnc3c2O)cc1. The number of aliphatic hydroxyl groups excluding tert-OH is 1. The minimum Gasteiger partial charge on any atom is -0.505 e. The molecule has 0 spiro atoms. The summed E-state index contributed by atoms with van der Waals surface area (Å²) in [6.07, 6.45) is 2.27. The molecule has 0 aliphatic heterocycles. The Kier molecular flexibility index (Phi) is 7.40. The highest BCUT2D eigenvalue weighted by Crippen LogP contribution is 2.38. The third kappa shape index (κ3) is 5.35. The van der Waals surface area contributed by atoms with Gasteiger partial charge < -0.3 is 20.3 Å². The highest BCUT2D eigenvalue weighted by Gasteiger charge is 2.24. The Labute approximate surface area is 198 Å². The fraction of sp³-hybridized carbons (Fsp3) is 0.214. The predicted octanol–water partition coefficient (Wildman–Crippen LogP) is 4.19. The van der Waals surface area contributed by atoms with Gasteiger partial charge in [0.05, 0.1) is 19.8 Å². The summed E-state index contributed by atoms with van der Waals surface area (Å²) >= 11 is 0. The minimum absolute atomic E-state index is 0.0645. The lowest BCUT2D eigenvalue weighted by atomic mass is 9.86. The van der Waals surface area contributed by atoms with Gasteiger partial charge in [0, 0.05) is 29.5 Å². The van der Waals surface area contributed by atoms with Crippen LogP contribution in [0.4, 0.5) is 0 Å². The molecule has 1 unspecified atom stereocenters. The number of hydrogen-bond acceptors (Lipinski definition) is 5. The van der Waals surface area contributed by atoms with Crippen LogP contribution in [0.2, 0.25) is 0 Å². The van der Waals surface area contributed by atoms with Crippen LogP contribution in [-0.2, 0) is 11.2 Å². The number of methoxy groups -OCH3 is 1. The summed E-state index contributed by atoms with van der Waals surface area (Å²) in [7, 11) is 1.60. The van der Waals surface area contributed by atoms with Crippen LogP contribution >= 0.6 is 0 Å². The van der Waals surface area contributed by atoms with Gasteiger partial charge >= 0.3 is 0 Å². The molecule has 6 nitrogen and oxygen atoms in total. The van der Waals surface area contributed by atoms with Gasteiger partial charge in [-0.05, 0) is 35.7 Å². The zero-order chi connectivity index (χ0) is 23.9. The fourth-order valence-electron chi connectivity index (χ4n) is 4.20. The number of aromatic hydroxyl groups is 1. The average Bonchev–Trinajstić information content (AvgIpc) is 2.88. The van der Waals surface area contributed by atoms with E-state index < -0.39 is 12.0 Å². The lowest BCUT2D eigenvalue weighted by Gasteiger charge is -2.22. The molecule has 174 valence electrons. The first kappa shape index (κ1) is 23.3. The first-order valence-corrected chi connectivity index (χ1v) is 11.2. The number of aromatic nitrogens is 1. The van der Waals surface area contributed by atoms with Crippen LogP contribution in [0, 0.1) is 0 Å². The van der Waals surface area contributed by atoms with Crippen molar-refractivity contribution < 1.29 is 19.7 Å². The van der Waals surface area contributed by atoms with Crippen molar-refractivity contribution in [3.05, 3.63) is 102 Å². The number of pyridine rings is 1. The minimum atomic E-state index is -0.409. The molecule has 0 radical (unpaired) electrons. The first-order chi connectivity index (χ1) is 16.6. The molecule has 0 saturated heterocycles. The number of phenols is 1. The van der Waals surface area contributed by atoms with Gasteiger partial charge in [-0.3, -0.25) is 9.78 Å². The number of carbonyl (C=O) groups excluding carboxylic acids is 1. The lowest BCUT2D eigenvalue weighted by Crippen LogP contribution is -2.39. The van der Waals surface area contributed by atoms with Crippen LogP contribution in [-0.4, -0.2) is 40.9 Å². The van der Waals surface area contributed by atoms with Crippen molar-refractivity contribution in [1.82, 2.24) is 10.3 Å². The van der Waals surface area contributed by atoms with Crippen LogP contribution in [0.15, 0.2) is 85.1 Å². The molecule has 0 fully saturated rings. The van der Waals surface area contributed by atoms with Gasteiger partial charge in [-0.2, -0.15) is 0 Å². The van der Waals surface area contributed by atoms with Gasteiger partial charge in [0.1, 0.15) is 17.0 Å². The molecule has 2 atom stereocenters. The number of nitrogens with one attached hydrogen (secondary N) is 1. The Bertz CT molecular complexity index is 1240. The Balaban J connectivity index is 1.62. The summed E-state index contributed by atoms with van der Waals surface area (Å²) in [5.74, 6) is 0.152. The number of hydrogen-bond donors (Lipinski definition) is 3. The average molecular weight is 457 g/mol. The number of nitrogens with zero attached hydrogens (tertiary/aromatic N) is 1. The number of benzene rings is 3. The zero-order valence-corrected chi connectivity index (χ0v) is 19.0. The van der Waals surface area contributed by atoms with E-state index in [0.29, 0.717) is 23.3 Å². The number of carbonyl (C=O) groups is 1. The summed E-state index contributed by atoms with van der Waals surface area (Å²) < 4.78 is 5.27. The topological polar surface area (TPSA) is 91.7 Å². The third-order valence-electron chi connectivity index (χ3n) is 5.97.